The van der Waals surface area contributed by atoms with Crippen LogP contribution in [0.4, 0.5) is 0 Å². The molecule has 1 atom stereocenters. The summed E-state index contributed by atoms with van der Waals surface area (Å²) in [6.07, 6.45) is 2.19. The van der Waals surface area contributed by atoms with Gasteiger partial charge in [0.2, 0.25) is 0 Å². The summed E-state index contributed by atoms with van der Waals surface area (Å²) >= 11 is 9.35. The summed E-state index contributed by atoms with van der Waals surface area (Å²) in [5, 5.41) is 19.4. The third-order valence-corrected chi connectivity index (χ3v) is 9.74. The second-order valence-electron chi connectivity index (χ2n) is 11.8. The van der Waals surface area contributed by atoms with E-state index in [9.17, 15) is 14.7 Å². The number of carbonyl (C=O) groups is 2. The standard InChI is InChI=1S/C38H39ClN2O4S2.Li/c1-24(2)41(22-30-20-33(28-15-18-47-23-28)36(45-30)27-10-12-29(39)13-11-27)21-26-9-14-32(34(19-26)31-8-6-5-7-25(31)3)37(42)40-35(38(43)44)16-17-46-4;/h5-15,18-20,23-24,35H,16-17,21-22H2,1-4H3,(H,40,42)(H,43,44);/q;+1/p-1. The number of carboxylic acids is 1. The summed E-state index contributed by atoms with van der Waals surface area (Å²) in [6.45, 7) is 7.50. The SMILES string of the molecule is CSCCC(NC(=O)c1ccc(CN(Cc2cc(-c3ccsc3)c(-c3ccc(Cl)cc3)o2)C(C)C)cc1-c1ccccc1C)C(=O)[O-].[Li+]. The summed E-state index contributed by atoms with van der Waals surface area (Å²) < 4.78 is 6.54. The molecule has 1 unspecified atom stereocenters. The van der Waals surface area contributed by atoms with E-state index >= 15 is 0 Å². The zero-order chi connectivity index (χ0) is 33.5. The first kappa shape index (κ1) is 37.6. The van der Waals surface area contributed by atoms with Crippen LogP contribution in [-0.4, -0.2) is 40.9 Å². The van der Waals surface area contributed by atoms with Crippen molar-refractivity contribution >= 4 is 46.6 Å². The van der Waals surface area contributed by atoms with Crippen LogP contribution in [0.3, 0.4) is 0 Å². The second kappa shape index (κ2) is 17.4. The maximum absolute atomic E-state index is 13.5. The van der Waals surface area contributed by atoms with Crippen molar-refractivity contribution in [3.05, 3.63) is 117 Å². The number of hydrogen-bond acceptors (Lipinski definition) is 7. The molecule has 6 nitrogen and oxygen atoms in total. The Labute approximate surface area is 308 Å². The number of aliphatic carboxylic acids is 1. The van der Waals surface area contributed by atoms with Crippen molar-refractivity contribution in [2.24, 2.45) is 0 Å². The number of carbonyl (C=O) groups excluding carboxylic acids is 2. The number of furan rings is 1. The minimum Gasteiger partial charge on any atom is -0.548 e. The van der Waals surface area contributed by atoms with Gasteiger partial charge in [-0.2, -0.15) is 23.1 Å². The predicted octanol–water partition coefficient (Wildman–Crippen LogP) is 5.32. The normalized spacial score (nSPS) is 11.8. The molecule has 0 spiro atoms. The maximum Gasteiger partial charge on any atom is 1.00 e. The van der Waals surface area contributed by atoms with E-state index in [1.165, 1.54) is 11.8 Å². The first-order chi connectivity index (χ1) is 22.6. The molecule has 48 heavy (non-hydrogen) atoms. The first-order valence-electron chi connectivity index (χ1n) is 15.5. The van der Waals surface area contributed by atoms with E-state index in [0.717, 1.165) is 50.5 Å². The van der Waals surface area contributed by atoms with Gasteiger partial charge in [-0.05, 0) is 126 Å². The van der Waals surface area contributed by atoms with Gasteiger partial charge in [0.15, 0.2) is 0 Å². The van der Waals surface area contributed by atoms with E-state index in [1.807, 2.05) is 73.8 Å². The number of thioether (sulfide) groups is 1. The summed E-state index contributed by atoms with van der Waals surface area (Å²) in [5.41, 5.74) is 7.25. The third-order valence-electron chi connectivity index (χ3n) is 8.16. The van der Waals surface area contributed by atoms with Gasteiger partial charge in [0.05, 0.1) is 18.6 Å². The Hall–Kier alpha value is -3.22. The number of carboxylic acid groups (broad SMARTS) is 1. The van der Waals surface area contributed by atoms with Crippen molar-refractivity contribution in [2.45, 2.75) is 52.4 Å². The number of amides is 1. The molecule has 2 aromatic heterocycles. The Balaban J connectivity index is 0.00000520. The van der Waals surface area contributed by atoms with E-state index in [0.29, 0.717) is 29.4 Å². The topological polar surface area (TPSA) is 85.6 Å². The fourth-order valence-electron chi connectivity index (χ4n) is 5.53. The van der Waals surface area contributed by atoms with E-state index in [4.69, 9.17) is 16.0 Å². The van der Waals surface area contributed by atoms with Crippen molar-refractivity contribution < 1.29 is 38.0 Å². The number of thiophene rings is 1. The van der Waals surface area contributed by atoms with E-state index < -0.39 is 17.9 Å². The van der Waals surface area contributed by atoms with Crippen molar-refractivity contribution in [1.29, 1.82) is 0 Å². The minimum absolute atomic E-state index is 0. The van der Waals surface area contributed by atoms with Gasteiger partial charge in [-0.1, -0.05) is 41.9 Å². The van der Waals surface area contributed by atoms with Crippen LogP contribution in [0.2, 0.25) is 5.02 Å². The summed E-state index contributed by atoms with van der Waals surface area (Å²) in [6, 6.07) is 24.7. The molecule has 0 aliphatic heterocycles. The number of nitrogens with one attached hydrogen (secondary N) is 1. The number of aryl methyl sites for hydroxylation is 1. The van der Waals surface area contributed by atoms with Gasteiger partial charge >= 0.3 is 18.9 Å². The zero-order valence-corrected chi connectivity index (χ0v) is 30.3. The number of rotatable bonds is 14. The molecule has 10 heteroatoms. The van der Waals surface area contributed by atoms with E-state index in [-0.39, 0.29) is 31.3 Å². The molecule has 1 N–H and O–H groups in total. The Morgan fingerprint density at radius 2 is 1.71 bits per heavy atom. The number of hydrogen-bond donors (Lipinski definition) is 1. The average molecular weight is 693 g/mol. The molecular weight excluding hydrogens is 655 g/mol. The van der Waals surface area contributed by atoms with Gasteiger partial charge < -0.3 is 19.6 Å². The van der Waals surface area contributed by atoms with Crippen LogP contribution < -0.4 is 29.3 Å². The van der Waals surface area contributed by atoms with E-state index in [1.54, 1.807) is 17.4 Å². The van der Waals surface area contributed by atoms with Gasteiger partial charge in [-0.3, -0.25) is 9.69 Å². The largest absolute Gasteiger partial charge is 1.00 e. The number of benzene rings is 3. The molecule has 0 aliphatic rings. The number of nitrogens with zero attached hydrogens (tertiary/aromatic N) is 1. The predicted molar refractivity (Wildman–Crippen MR) is 193 cm³/mol. The Kier molecular flexibility index (Phi) is 13.7. The molecule has 2 heterocycles. The molecule has 0 aliphatic carbocycles. The molecule has 0 radical (unpaired) electrons. The molecule has 1 amide bonds. The van der Waals surface area contributed by atoms with E-state index in [2.05, 4.69) is 47.0 Å². The van der Waals surface area contributed by atoms with Crippen LogP contribution in [0, 0.1) is 6.92 Å². The Morgan fingerprint density at radius 3 is 2.35 bits per heavy atom. The summed E-state index contributed by atoms with van der Waals surface area (Å²) in [4.78, 5) is 27.7. The molecular formula is C38H38ClLiN2O4S2. The summed E-state index contributed by atoms with van der Waals surface area (Å²) in [7, 11) is 0. The molecule has 5 rings (SSSR count). The van der Waals surface area contributed by atoms with Crippen molar-refractivity contribution in [1.82, 2.24) is 10.2 Å². The molecule has 0 bridgehead atoms. The van der Waals surface area contributed by atoms with Crippen molar-refractivity contribution in [3.63, 3.8) is 0 Å². The Bertz CT molecular complexity index is 1820. The minimum atomic E-state index is -1.28. The zero-order valence-electron chi connectivity index (χ0n) is 27.9. The van der Waals surface area contributed by atoms with Crippen LogP contribution in [0.25, 0.3) is 33.6 Å². The molecule has 0 saturated heterocycles. The second-order valence-corrected chi connectivity index (χ2v) is 14.0. The first-order valence-corrected chi connectivity index (χ1v) is 18.2. The fourth-order valence-corrected chi connectivity index (χ4v) is 6.78. The molecule has 0 fully saturated rings. The van der Waals surface area contributed by atoms with Crippen LogP contribution in [-0.2, 0) is 17.9 Å². The van der Waals surface area contributed by atoms with Gasteiger partial charge in [-0.25, -0.2) is 0 Å². The maximum atomic E-state index is 13.5. The molecule has 244 valence electrons. The van der Waals surface area contributed by atoms with Gasteiger partial charge in [-0.15, -0.1) is 0 Å². The molecule has 5 aromatic rings. The third kappa shape index (κ3) is 9.26. The van der Waals surface area contributed by atoms with Gasteiger partial charge in [0.25, 0.3) is 5.91 Å². The average Bonchev–Trinajstić information content (AvgIpc) is 3.74. The fraction of sp³-hybridized carbons (Fsp3) is 0.263. The van der Waals surface area contributed by atoms with Crippen molar-refractivity contribution in [2.75, 3.05) is 12.0 Å². The summed E-state index contributed by atoms with van der Waals surface area (Å²) in [5.74, 6) is 0.534. The van der Waals surface area contributed by atoms with Gasteiger partial charge in [0.1, 0.15) is 11.5 Å². The van der Waals surface area contributed by atoms with Crippen LogP contribution in [0.15, 0.2) is 94.0 Å². The van der Waals surface area contributed by atoms with Gasteiger partial charge in [0, 0.05) is 34.3 Å². The van der Waals surface area contributed by atoms with Crippen LogP contribution >= 0.6 is 34.7 Å². The van der Waals surface area contributed by atoms with Crippen LogP contribution in [0.5, 0.6) is 0 Å². The van der Waals surface area contributed by atoms with Crippen molar-refractivity contribution in [3.8, 4) is 33.6 Å². The number of halogens is 1. The monoisotopic (exact) mass is 692 g/mol. The Morgan fingerprint density at radius 1 is 0.958 bits per heavy atom. The quantitative estimate of drug-likeness (QED) is 0.159. The smallest absolute Gasteiger partial charge is 0.548 e. The van der Waals surface area contributed by atoms with Crippen LogP contribution in [0.1, 0.15) is 47.5 Å². The molecule has 0 saturated carbocycles. The molecule has 3 aromatic carbocycles.